The molecule has 2 atom stereocenters. The van der Waals surface area contributed by atoms with Gasteiger partial charge in [0.1, 0.15) is 16.4 Å². The Morgan fingerprint density at radius 1 is 1.29 bits per heavy atom. The summed E-state index contributed by atoms with van der Waals surface area (Å²) in [6, 6.07) is 2.57. The Balaban J connectivity index is 2.39. The van der Waals surface area contributed by atoms with Crippen LogP contribution in [0, 0.1) is 5.92 Å². The first-order chi connectivity index (χ1) is 11.2. The van der Waals surface area contributed by atoms with Crippen molar-refractivity contribution >= 4 is 27.6 Å². The summed E-state index contributed by atoms with van der Waals surface area (Å²) in [7, 11) is -1.36. The number of carboxylic acid groups (broad SMARTS) is 1. The van der Waals surface area contributed by atoms with E-state index >= 15 is 0 Å². The molecule has 1 fully saturated rings. The minimum Gasteiger partial charge on any atom is -0.495 e. The molecule has 1 aromatic carbocycles. The van der Waals surface area contributed by atoms with Gasteiger partial charge >= 0.3 is 5.97 Å². The van der Waals surface area contributed by atoms with E-state index in [1.165, 1.54) is 26.4 Å². The Morgan fingerprint density at radius 2 is 1.92 bits per heavy atom. The highest BCUT2D eigenvalue weighted by Crippen LogP contribution is 2.37. The number of piperidine rings is 1. The molecule has 0 amide bonds. The fourth-order valence-corrected chi connectivity index (χ4v) is 4.44. The average molecular weight is 380 g/mol. The van der Waals surface area contributed by atoms with E-state index in [1.54, 1.807) is 0 Å². The standard InChI is InChI=1S/C14H18ClNO7S/c1-22-11-6-13(12(23-2)5-9(11)15)24(20,21)16-4-3-8(14(18)19)10(17)7-16/h5-6,8,10,17H,3-4,7H2,1-2H3,(H,18,19)/t8-,10+/m0/s1. The maximum atomic E-state index is 12.9. The summed E-state index contributed by atoms with van der Waals surface area (Å²) in [5, 5.41) is 19.1. The van der Waals surface area contributed by atoms with Gasteiger partial charge in [-0.15, -0.1) is 0 Å². The van der Waals surface area contributed by atoms with Crippen LogP contribution in [0.3, 0.4) is 0 Å². The Morgan fingerprint density at radius 3 is 2.42 bits per heavy atom. The van der Waals surface area contributed by atoms with Gasteiger partial charge in [-0.2, -0.15) is 4.31 Å². The van der Waals surface area contributed by atoms with E-state index in [1.807, 2.05) is 0 Å². The van der Waals surface area contributed by atoms with Crippen molar-refractivity contribution < 1.29 is 32.9 Å². The molecule has 0 radical (unpaired) electrons. The van der Waals surface area contributed by atoms with Gasteiger partial charge in [-0.3, -0.25) is 4.79 Å². The molecule has 0 aromatic heterocycles. The molecule has 0 unspecified atom stereocenters. The van der Waals surface area contributed by atoms with Crippen molar-refractivity contribution in [2.45, 2.75) is 17.4 Å². The number of sulfonamides is 1. The number of nitrogens with zero attached hydrogens (tertiary/aromatic N) is 1. The Labute approximate surface area is 144 Å². The van der Waals surface area contributed by atoms with Crippen molar-refractivity contribution in [3.05, 3.63) is 17.2 Å². The van der Waals surface area contributed by atoms with Gasteiger partial charge in [-0.05, 0) is 6.42 Å². The normalized spacial score (nSPS) is 22.2. The summed E-state index contributed by atoms with van der Waals surface area (Å²) >= 11 is 5.97. The molecular formula is C14H18ClNO7S. The van der Waals surface area contributed by atoms with Crippen molar-refractivity contribution in [2.75, 3.05) is 27.3 Å². The van der Waals surface area contributed by atoms with Gasteiger partial charge in [-0.25, -0.2) is 8.42 Å². The van der Waals surface area contributed by atoms with Crippen LogP contribution in [-0.4, -0.2) is 62.3 Å². The zero-order valence-corrected chi connectivity index (χ0v) is 14.7. The van der Waals surface area contributed by atoms with E-state index < -0.39 is 28.0 Å². The van der Waals surface area contributed by atoms with Gasteiger partial charge in [0.15, 0.2) is 0 Å². The highest BCUT2D eigenvalue weighted by molar-refractivity contribution is 7.89. The summed E-state index contributed by atoms with van der Waals surface area (Å²) in [5.41, 5.74) is 0. The maximum Gasteiger partial charge on any atom is 0.309 e. The van der Waals surface area contributed by atoms with Crippen LogP contribution in [0.25, 0.3) is 0 Å². The number of aliphatic carboxylic acids is 1. The summed E-state index contributed by atoms with van der Waals surface area (Å²) in [5.74, 6) is -1.93. The molecule has 8 nitrogen and oxygen atoms in total. The smallest absolute Gasteiger partial charge is 0.309 e. The number of carbonyl (C=O) groups is 1. The lowest BCUT2D eigenvalue weighted by molar-refractivity contribution is -0.147. The quantitative estimate of drug-likeness (QED) is 0.778. The third-order valence-corrected chi connectivity index (χ3v) is 6.10. The van der Waals surface area contributed by atoms with E-state index in [0.29, 0.717) is 0 Å². The zero-order chi connectivity index (χ0) is 18.1. The largest absolute Gasteiger partial charge is 0.495 e. The van der Waals surface area contributed by atoms with E-state index in [-0.39, 0.29) is 40.9 Å². The van der Waals surface area contributed by atoms with Gasteiger partial charge in [0.05, 0.1) is 31.3 Å². The molecule has 0 aliphatic carbocycles. The van der Waals surface area contributed by atoms with E-state index in [4.69, 9.17) is 26.2 Å². The molecule has 1 aromatic rings. The van der Waals surface area contributed by atoms with Crippen LogP contribution in [0.1, 0.15) is 6.42 Å². The van der Waals surface area contributed by atoms with Crippen LogP contribution in [0.2, 0.25) is 5.02 Å². The van der Waals surface area contributed by atoms with Crippen LogP contribution in [0.5, 0.6) is 11.5 Å². The highest BCUT2D eigenvalue weighted by Gasteiger charge is 2.39. The summed E-state index contributed by atoms with van der Waals surface area (Å²) in [6.45, 7) is -0.335. The number of aliphatic hydroxyl groups is 1. The minimum absolute atomic E-state index is 0.0166. The van der Waals surface area contributed by atoms with Gasteiger partial charge in [0.2, 0.25) is 10.0 Å². The molecule has 2 rings (SSSR count). The average Bonchev–Trinajstić information content (AvgIpc) is 2.53. The Kier molecular flexibility index (Phi) is 5.59. The highest BCUT2D eigenvalue weighted by atomic mass is 35.5. The molecule has 0 saturated carbocycles. The number of methoxy groups -OCH3 is 2. The lowest BCUT2D eigenvalue weighted by atomic mass is 9.95. The number of hydrogen-bond donors (Lipinski definition) is 2. The second-order valence-corrected chi connectivity index (χ2v) is 7.61. The van der Waals surface area contributed by atoms with Crippen molar-refractivity contribution in [3.63, 3.8) is 0 Å². The lowest BCUT2D eigenvalue weighted by Gasteiger charge is -2.33. The van der Waals surface area contributed by atoms with Crippen molar-refractivity contribution in [1.82, 2.24) is 4.31 Å². The summed E-state index contributed by atoms with van der Waals surface area (Å²) < 4.78 is 36.9. The van der Waals surface area contributed by atoms with Crippen molar-refractivity contribution in [3.8, 4) is 11.5 Å². The molecule has 1 saturated heterocycles. The fraction of sp³-hybridized carbons (Fsp3) is 0.500. The van der Waals surface area contributed by atoms with Gasteiger partial charge < -0.3 is 19.7 Å². The lowest BCUT2D eigenvalue weighted by Crippen LogP contribution is -2.48. The molecule has 1 aliphatic heterocycles. The minimum atomic E-state index is -4.02. The van der Waals surface area contributed by atoms with E-state index in [0.717, 1.165) is 4.31 Å². The number of ether oxygens (including phenoxy) is 2. The van der Waals surface area contributed by atoms with Crippen molar-refractivity contribution in [1.29, 1.82) is 0 Å². The number of rotatable bonds is 5. The second kappa shape index (κ2) is 7.14. The van der Waals surface area contributed by atoms with Crippen LogP contribution in [-0.2, 0) is 14.8 Å². The molecule has 2 N–H and O–H groups in total. The molecule has 0 spiro atoms. The third kappa shape index (κ3) is 3.44. The SMILES string of the molecule is COc1cc(S(=O)(=O)N2CC[C@H](C(=O)O)[C@H](O)C2)c(OC)cc1Cl. The number of carboxylic acids is 1. The number of β-amino-alcohol motifs (C(OH)–C–C–N with tert-alkyl or cyclic N) is 1. The zero-order valence-electron chi connectivity index (χ0n) is 13.1. The maximum absolute atomic E-state index is 12.9. The number of halogens is 1. The summed E-state index contributed by atoms with van der Waals surface area (Å²) in [4.78, 5) is 10.9. The first kappa shape index (κ1) is 18.8. The monoisotopic (exact) mass is 379 g/mol. The number of hydrogen-bond acceptors (Lipinski definition) is 6. The third-order valence-electron chi connectivity index (χ3n) is 3.92. The topological polar surface area (TPSA) is 113 Å². The molecule has 134 valence electrons. The van der Waals surface area contributed by atoms with E-state index in [2.05, 4.69) is 0 Å². The summed E-state index contributed by atoms with van der Waals surface area (Å²) in [6.07, 6.45) is -1.27. The Bertz CT molecular complexity index is 737. The van der Waals surface area contributed by atoms with Crippen LogP contribution >= 0.6 is 11.6 Å². The molecule has 24 heavy (non-hydrogen) atoms. The van der Waals surface area contributed by atoms with E-state index in [9.17, 15) is 18.3 Å². The Hall–Kier alpha value is -1.55. The van der Waals surface area contributed by atoms with Gasteiger partial charge in [-0.1, -0.05) is 11.6 Å². The number of aliphatic hydroxyl groups excluding tert-OH is 1. The van der Waals surface area contributed by atoms with Gasteiger partial charge in [0, 0.05) is 25.2 Å². The van der Waals surface area contributed by atoms with Gasteiger partial charge in [0.25, 0.3) is 0 Å². The fourth-order valence-electron chi connectivity index (χ4n) is 2.58. The van der Waals surface area contributed by atoms with Crippen LogP contribution < -0.4 is 9.47 Å². The first-order valence-corrected chi connectivity index (χ1v) is 8.86. The first-order valence-electron chi connectivity index (χ1n) is 7.05. The number of benzene rings is 1. The molecular weight excluding hydrogens is 362 g/mol. The second-order valence-electron chi connectivity index (χ2n) is 5.30. The van der Waals surface area contributed by atoms with Crippen molar-refractivity contribution in [2.24, 2.45) is 5.92 Å². The molecule has 1 heterocycles. The molecule has 10 heteroatoms. The molecule has 1 aliphatic rings. The molecule has 0 bridgehead atoms. The van der Waals surface area contributed by atoms with Crippen LogP contribution in [0.4, 0.5) is 0 Å². The van der Waals surface area contributed by atoms with Crippen LogP contribution in [0.15, 0.2) is 17.0 Å². The predicted octanol–water partition coefficient (Wildman–Crippen LogP) is 0.813. The predicted molar refractivity (Wildman–Crippen MR) is 85.1 cm³/mol.